The molecular formula is C13H20N2O2. The minimum absolute atomic E-state index is 0.0255. The van der Waals surface area contributed by atoms with Crippen molar-refractivity contribution in [1.29, 1.82) is 0 Å². The molecule has 0 aliphatic carbocycles. The number of carbonyl (C=O) groups is 1. The molecule has 2 N–H and O–H groups in total. The monoisotopic (exact) mass is 236 g/mol. The summed E-state index contributed by atoms with van der Waals surface area (Å²) in [7, 11) is 0. The zero-order valence-electron chi connectivity index (χ0n) is 10.4. The number of aryl methyl sites for hydroxylation is 1. The zero-order valence-corrected chi connectivity index (χ0v) is 10.4. The predicted molar refractivity (Wildman–Crippen MR) is 69.2 cm³/mol. The molecule has 0 atom stereocenters. The highest BCUT2D eigenvalue weighted by molar-refractivity contribution is 5.81. The summed E-state index contributed by atoms with van der Waals surface area (Å²) < 4.78 is 0. The highest BCUT2D eigenvalue weighted by Crippen LogP contribution is 2.15. The maximum atomic E-state index is 11.6. The second-order valence-electron chi connectivity index (χ2n) is 3.93. The molecule has 94 valence electrons. The number of nitrogens with one attached hydrogen (secondary N) is 1. The van der Waals surface area contributed by atoms with E-state index in [2.05, 4.69) is 11.4 Å². The smallest absolute Gasteiger partial charge is 0.239 e. The number of likely N-dealkylation sites (N-methyl/N-ethyl adjacent to an activating group) is 1. The van der Waals surface area contributed by atoms with E-state index in [-0.39, 0.29) is 12.5 Å². The first-order valence-electron chi connectivity index (χ1n) is 5.86. The fourth-order valence-corrected chi connectivity index (χ4v) is 1.63. The Morgan fingerprint density at radius 2 is 2.24 bits per heavy atom. The molecule has 1 rings (SSSR count). The van der Waals surface area contributed by atoms with Crippen molar-refractivity contribution in [2.24, 2.45) is 0 Å². The van der Waals surface area contributed by atoms with Gasteiger partial charge in [0.25, 0.3) is 0 Å². The van der Waals surface area contributed by atoms with Gasteiger partial charge in [-0.25, -0.2) is 0 Å². The summed E-state index contributed by atoms with van der Waals surface area (Å²) in [5.41, 5.74) is 2.23. The number of carbonyl (C=O) groups excluding carboxylic acids is 1. The molecule has 4 heteroatoms. The van der Waals surface area contributed by atoms with E-state index in [0.29, 0.717) is 13.1 Å². The van der Waals surface area contributed by atoms with Gasteiger partial charge in [-0.2, -0.15) is 0 Å². The van der Waals surface area contributed by atoms with E-state index in [0.717, 1.165) is 12.2 Å². The van der Waals surface area contributed by atoms with Crippen LogP contribution in [-0.4, -0.2) is 37.3 Å². The summed E-state index contributed by atoms with van der Waals surface area (Å²) >= 11 is 0. The van der Waals surface area contributed by atoms with Gasteiger partial charge in [-0.15, -0.1) is 0 Å². The molecule has 4 nitrogen and oxygen atoms in total. The Hall–Kier alpha value is -1.55. The molecule has 0 aliphatic heterocycles. The third-order valence-corrected chi connectivity index (χ3v) is 2.52. The van der Waals surface area contributed by atoms with Crippen LogP contribution >= 0.6 is 0 Å². The van der Waals surface area contributed by atoms with Crippen LogP contribution in [0.1, 0.15) is 12.5 Å². The SMILES string of the molecule is CCN(CC(=O)NCCO)c1cccc(C)c1. The van der Waals surface area contributed by atoms with Gasteiger partial charge in [-0.1, -0.05) is 12.1 Å². The summed E-state index contributed by atoms with van der Waals surface area (Å²) in [5, 5.41) is 11.3. The first-order chi connectivity index (χ1) is 8.17. The Balaban J connectivity index is 2.62. The van der Waals surface area contributed by atoms with Gasteiger partial charge in [0.15, 0.2) is 0 Å². The average Bonchev–Trinajstić information content (AvgIpc) is 2.33. The summed E-state index contributed by atoms with van der Waals surface area (Å²) in [6, 6.07) is 8.07. The molecule has 1 aromatic rings. The van der Waals surface area contributed by atoms with Crippen molar-refractivity contribution in [3.05, 3.63) is 29.8 Å². The Morgan fingerprint density at radius 3 is 2.82 bits per heavy atom. The Kier molecular flexibility index (Phi) is 5.49. The van der Waals surface area contributed by atoms with Gasteiger partial charge in [0.1, 0.15) is 0 Å². The van der Waals surface area contributed by atoms with Gasteiger partial charge < -0.3 is 15.3 Å². The molecule has 0 aromatic heterocycles. The van der Waals surface area contributed by atoms with Gasteiger partial charge in [0, 0.05) is 18.8 Å². The van der Waals surface area contributed by atoms with E-state index in [1.165, 1.54) is 5.56 Å². The number of aliphatic hydroxyl groups is 1. The topological polar surface area (TPSA) is 52.6 Å². The molecule has 0 fully saturated rings. The van der Waals surface area contributed by atoms with Crippen LogP contribution in [0.2, 0.25) is 0 Å². The van der Waals surface area contributed by atoms with Crippen LogP contribution in [0.15, 0.2) is 24.3 Å². The first kappa shape index (κ1) is 13.5. The Labute approximate surface area is 102 Å². The number of nitrogens with zero attached hydrogens (tertiary/aromatic N) is 1. The highest BCUT2D eigenvalue weighted by Gasteiger charge is 2.09. The van der Waals surface area contributed by atoms with Crippen molar-refractivity contribution in [1.82, 2.24) is 5.32 Å². The molecule has 1 amide bonds. The number of benzene rings is 1. The Morgan fingerprint density at radius 1 is 1.47 bits per heavy atom. The van der Waals surface area contributed by atoms with Crippen LogP contribution in [0.5, 0.6) is 0 Å². The first-order valence-corrected chi connectivity index (χ1v) is 5.86. The number of aliphatic hydroxyl groups excluding tert-OH is 1. The third-order valence-electron chi connectivity index (χ3n) is 2.52. The van der Waals surface area contributed by atoms with E-state index in [1.54, 1.807) is 0 Å². The number of amides is 1. The molecule has 0 heterocycles. The maximum Gasteiger partial charge on any atom is 0.239 e. The van der Waals surface area contributed by atoms with E-state index >= 15 is 0 Å². The van der Waals surface area contributed by atoms with Crippen LogP contribution in [0.25, 0.3) is 0 Å². The fraction of sp³-hybridized carbons (Fsp3) is 0.462. The lowest BCUT2D eigenvalue weighted by Crippen LogP contribution is -2.38. The van der Waals surface area contributed by atoms with Gasteiger partial charge >= 0.3 is 0 Å². The largest absolute Gasteiger partial charge is 0.395 e. The van der Waals surface area contributed by atoms with Crippen molar-refractivity contribution in [3.8, 4) is 0 Å². The lowest BCUT2D eigenvalue weighted by Gasteiger charge is -2.22. The lowest BCUT2D eigenvalue weighted by molar-refractivity contribution is -0.119. The number of anilines is 1. The molecule has 0 bridgehead atoms. The molecular weight excluding hydrogens is 216 g/mol. The van der Waals surface area contributed by atoms with Crippen molar-refractivity contribution >= 4 is 11.6 Å². The van der Waals surface area contributed by atoms with E-state index in [4.69, 9.17) is 5.11 Å². The summed E-state index contributed by atoms with van der Waals surface area (Å²) in [4.78, 5) is 13.6. The Bertz CT molecular complexity index is 366. The second kappa shape index (κ2) is 6.91. The van der Waals surface area contributed by atoms with E-state index < -0.39 is 0 Å². The minimum atomic E-state index is -0.0672. The third kappa shape index (κ3) is 4.44. The van der Waals surface area contributed by atoms with Crippen LogP contribution < -0.4 is 10.2 Å². The number of rotatable bonds is 6. The lowest BCUT2D eigenvalue weighted by atomic mass is 10.2. The normalized spacial score (nSPS) is 10.1. The van der Waals surface area contributed by atoms with Gasteiger partial charge in [0.2, 0.25) is 5.91 Å². The number of hydrogen-bond donors (Lipinski definition) is 2. The molecule has 0 spiro atoms. The van der Waals surface area contributed by atoms with Gasteiger partial charge in [-0.3, -0.25) is 4.79 Å². The van der Waals surface area contributed by atoms with Gasteiger partial charge in [0.05, 0.1) is 13.2 Å². The minimum Gasteiger partial charge on any atom is -0.395 e. The second-order valence-corrected chi connectivity index (χ2v) is 3.93. The standard InChI is InChI=1S/C13H20N2O2/c1-3-15(10-13(17)14-7-8-16)12-6-4-5-11(2)9-12/h4-6,9,16H,3,7-8,10H2,1-2H3,(H,14,17). The van der Waals surface area contributed by atoms with Crippen LogP contribution in [0.4, 0.5) is 5.69 Å². The molecule has 0 aliphatic rings. The van der Waals surface area contributed by atoms with Gasteiger partial charge in [-0.05, 0) is 31.5 Å². The molecule has 1 aromatic carbocycles. The number of hydrogen-bond acceptors (Lipinski definition) is 3. The van der Waals surface area contributed by atoms with Crippen molar-refractivity contribution in [3.63, 3.8) is 0 Å². The van der Waals surface area contributed by atoms with E-state index in [9.17, 15) is 4.79 Å². The molecule has 0 unspecified atom stereocenters. The van der Waals surface area contributed by atoms with Crippen molar-refractivity contribution < 1.29 is 9.90 Å². The summed E-state index contributed by atoms with van der Waals surface area (Å²) in [6.07, 6.45) is 0. The van der Waals surface area contributed by atoms with Crippen LogP contribution in [-0.2, 0) is 4.79 Å². The molecule has 0 saturated carbocycles. The quantitative estimate of drug-likeness (QED) is 0.772. The van der Waals surface area contributed by atoms with Crippen LogP contribution in [0, 0.1) is 6.92 Å². The molecule has 0 saturated heterocycles. The summed E-state index contributed by atoms with van der Waals surface area (Å²) in [6.45, 7) is 5.42. The molecule has 17 heavy (non-hydrogen) atoms. The van der Waals surface area contributed by atoms with Crippen molar-refractivity contribution in [2.75, 3.05) is 31.1 Å². The van der Waals surface area contributed by atoms with Crippen LogP contribution in [0.3, 0.4) is 0 Å². The zero-order chi connectivity index (χ0) is 12.7. The summed E-state index contributed by atoms with van der Waals surface area (Å²) in [5.74, 6) is -0.0672. The van der Waals surface area contributed by atoms with Crippen molar-refractivity contribution in [2.45, 2.75) is 13.8 Å². The molecule has 0 radical (unpaired) electrons. The highest BCUT2D eigenvalue weighted by atomic mass is 16.3. The van der Waals surface area contributed by atoms with E-state index in [1.807, 2.05) is 36.9 Å². The average molecular weight is 236 g/mol. The predicted octanol–water partition coefficient (Wildman–Crippen LogP) is 0.930. The maximum absolute atomic E-state index is 11.6. The fourth-order valence-electron chi connectivity index (χ4n) is 1.63.